The molecule has 4 rings (SSSR count). The number of hydrogen-bond acceptors (Lipinski definition) is 3. The zero-order valence-electron chi connectivity index (χ0n) is 13.1. The Bertz CT molecular complexity index is 1120. The van der Waals surface area contributed by atoms with Crippen LogP contribution in [0, 0.1) is 0 Å². The molecule has 3 aromatic rings. The maximum atomic E-state index is 12.7. The summed E-state index contributed by atoms with van der Waals surface area (Å²) in [7, 11) is 0. The van der Waals surface area contributed by atoms with Crippen molar-refractivity contribution in [1.82, 2.24) is 9.55 Å². The summed E-state index contributed by atoms with van der Waals surface area (Å²) in [5.41, 5.74) is 2.12. The first kappa shape index (κ1) is 15.6. The minimum absolute atomic E-state index is 0.110. The van der Waals surface area contributed by atoms with Crippen LogP contribution in [0.5, 0.6) is 0 Å². The lowest BCUT2D eigenvalue weighted by Gasteiger charge is -2.06. The van der Waals surface area contributed by atoms with Crippen molar-refractivity contribution < 1.29 is 9.90 Å². The van der Waals surface area contributed by atoms with Gasteiger partial charge in [-0.3, -0.25) is 9.36 Å². The van der Waals surface area contributed by atoms with Gasteiger partial charge in [-0.15, -0.1) is 0 Å². The number of rotatable bonds is 2. The van der Waals surface area contributed by atoms with Crippen LogP contribution in [0.15, 0.2) is 47.3 Å². The molecule has 0 spiro atoms. The number of halogens is 1. The lowest BCUT2D eigenvalue weighted by Crippen LogP contribution is -2.21. The van der Waals surface area contributed by atoms with Crippen LogP contribution >= 0.6 is 11.6 Å². The molecule has 0 saturated heterocycles. The monoisotopic (exact) mass is 352 g/mol. The number of carboxylic acids is 1. The van der Waals surface area contributed by atoms with Crippen molar-refractivity contribution in [2.45, 2.75) is 13.0 Å². The van der Waals surface area contributed by atoms with Gasteiger partial charge < -0.3 is 5.11 Å². The Balaban J connectivity index is 1.92. The number of aromatic nitrogens is 2. The molecule has 1 aliphatic rings. The molecule has 0 radical (unpaired) electrons. The lowest BCUT2D eigenvalue weighted by atomic mass is 10.1. The van der Waals surface area contributed by atoms with Crippen molar-refractivity contribution >= 4 is 40.1 Å². The van der Waals surface area contributed by atoms with Gasteiger partial charge in [-0.2, -0.15) is 0 Å². The first-order chi connectivity index (χ1) is 12.0. The topological polar surface area (TPSA) is 72.2 Å². The molecular formula is C19H13ClN2O3. The number of carbonyl (C=O) groups is 1. The molecule has 0 bridgehead atoms. The van der Waals surface area contributed by atoms with E-state index in [1.807, 2.05) is 30.3 Å². The predicted octanol–water partition coefficient (Wildman–Crippen LogP) is 3.69. The largest absolute Gasteiger partial charge is 0.478 e. The summed E-state index contributed by atoms with van der Waals surface area (Å²) < 4.78 is 1.63. The van der Waals surface area contributed by atoms with E-state index in [9.17, 15) is 9.59 Å². The Kier molecular flexibility index (Phi) is 3.66. The molecular weight excluding hydrogens is 340 g/mol. The highest BCUT2D eigenvalue weighted by atomic mass is 35.5. The van der Waals surface area contributed by atoms with Crippen LogP contribution in [-0.4, -0.2) is 20.6 Å². The fourth-order valence-electron chi connectivity index (χ4n) is 3.07. The Labute approximate surface area is 147 Å². The normalized spacial score (nSPS) is 14.8. The quantitative estimate of drug-likeness (QED) is 0.763. The highest BCUT2D eigenvalue weighted by Gasteiger charge is 2.21. The van der Waals surface area contributed by atoms with E-state index in [0.29, 0.717) is 34.7 Å². The van der Waals surface area contributed by atoms with Gasteiger partial charge in [-0.25, -0.2) is 9.78 Å². The molecule has 0 fully saturated rings. The van der Waals surface area contributed by atoms with Gasteiger partial charge in [0.2, 0.25) is 0 Å². The number of hydrogen-bond donors (Lipinski definition) is 1. The molecule has 2 heterocycles. The van der Waals surface area contributed by atoms with Crippen molar-refractivity contribution in [2.24, 2.45) is 0 Å². The van der Waals surface area contributed by atoms with Crippen LogP contribution < -0.4 is 5.56 Å². The van der Waals surface area contributed by atoms with Gasteiger partial charge in [-0.05, 0) is 47.9 Å². The molecule has 0 atom stereocenters. The molecule has 1 aliphatic heterocycles. The average molecular weight is 353 g/mol. The van der Waals surface area contributed by atoms with Gasteiger partial charge >= 0.3 is 5.97 Å². The SMILES string of the molecule is O=C(O)c1ccc2c(=O)n3c(nc2c1)C(=Cc1ccccc1Cl)CC3. The molecule has 0 aliphatic carbocycles. The maximum Gasteiger partial charge on any atom is 0.335 e. The summed E-state index contributed by atoms with van der Waals surface area (Å²) in [6, 6.07) is 11.9. The van der Waals surface area contributed by atoms with E-state index in [4.69, 9.17) is 16.7 Å². The number of nitrogens with zero attached hydrogens (tertiary/aromatic N) is 2. The molecule has 0 amide bonds. The summed E-state index contributed by atoms with van der Waals surface area (Å²) in [5, 5.41) is 10.2. The Morgan fingerprint density at radius 3 is 2.80 bits per heavy atom. The number of carboxylic acid groups (broad SMARTS) is 1. The standard InChI is InChI=1S/C19H13ClN2O3/c20-15-4-2-1-3-11(15)9-12-7-8-22-17(12)21-16-10-13(19(24)25)5-6-14(16)18(22)23/h1-6,9-10H,7-8H2,(H,24,25). The zero-order valence-corrected chi connectivity index (χ0v) is 13.8. The van der Waals surface area contributed by atoms with Gasteiger partial charge in [0.1, 0.15) is 5.82 Å². The molecule has 1 N–H and O–H groups in total. The first-order valence-corrected chi connectivity index (χ1v) is 8.16. The lowest BCUT2D eigenvalue weighted by molar-refractivity contribution is 0.0697. The highest BCUT2D eigenvalue weighted by molar-refractivity contribution is 6.32. The molecule has 6 heteroatoms. The van der Waals surface area contributed by atoms with Crippen LogP contribution in [0.1, 0.15) is 28.2 Å². The molecule has 0 saturated carbocycles. The van der Waals surface area contributed by atoms with E-state index >= 15 is 0 Å². The summed E-state index contributed by atoms with van der Waals surface area (Å²) >= 11 is 6.21. The molecule has 25 heavy (non-hydrogen) atoms. The third-order valence-corrected chi connectivity index (χ3v) is 4.67. The summed E-state index contributed by atoms with van der Waals surface area (Å²) in [6.07, 6.45) is 2.61. The zero-order chi connectivity index (χ0) is 17.6. The first-order valence-electron chi connectivity index (χ1n) is 7.78. The summed E-state index contributed by atoms with van der Waals surface area (Å²) in [6.45, 7) is 0.550. The van der Waals surface area contributed by atoms with Crippen LogP contribution in [0.3, 0.4) is 0 Å². The number of aromatic carboxylic acids is 1. The van der Waals surface area contributed by atoms with Crippen LogP contribution in [0.4, 0.5) is 0 Å². The third kappa shape index (κ3) is 2.62. The number of benzene rings is 2. The molecule has 124 valence electrons. The van der Waals surface area contributed by atoms with E-state index < -0.39 is 5.97 Å². The molecule has 5 nitrogen and oxygen atoms in total. The Morgan fingerprint density at radius 1 is 1.24 bits per heavy atom. The van der Waals surface area contributed by atoms with E-state index in [2.05, 4.69) is 4.98 Å². The highest BCUT2D eigenvalue weighted by Crippen LogP contribution is 2.29. The van der Waals surface area contributed by atoms with Crippen molar-refractivity contribution in [3.63, 3.8) is 0 Å². The second-order valence-corrected chi connectivity index (χ2v) is 6.28. The van der Waals surface area contributed by atoms with Gasteiger partial charge in [0, 0.05) is 11.6 Å². The van der Waals surface area contributed by atoms with Gasteiger partial charge in [0.15, 0.2) is 0 Å². The molecule has 0 unspecified atom stereocenters. The Morgan fingerprint density at radius 2 is 2.04 bits per heavy atom. The van der Waals surface area contributed by atoms with Crippen molar-refractivity contribution in [3.8, 4) is 0 Å². The van der Waals surface area contributed by atoms with E-state index in [1.54, 1.807) is 4.57 Å². The van der Waals surface area contributed by atoms with Crippen LogP contribution in [0.2, 0.25) is 5.02 Å². The summed E-state index contributed by atoms with van der Waals surface area (Å²) in [4.78, 5) is 28.4. The second-order valence-electron chi connectivity index (χ2n) is 5.87. The predicted molar refractivity (Wildman–Crippen MR) is 96.9 cm³/mol. The number of allylic oxidation sites excluding steroid dienone is 1. The minimum atomic E-state index is -1.05. The van der Waals surface area contributed by atoms with E-state index in [-0.39, 0.29) is 11.1 Å². The van der Waals surface area contributed by atoms with Gasteiger partial charge in [-0.1, -0.05) is 29.8 Å². The number of fused-ring (bicyclic) bond motifs is 2. The minimum Gasteiger partial charge on any atom is -0.478 e. The van der Waals surface area contributed by atoms with Crippen molar-refractivity contribution in [1.29, 1.82) is 0 Å². The fraction of sp³-hybridized carbons (Fsp3) is 0.105. The van der Waals surface area contributed by atoms with Crippen LogP contribution in [0.25, 0.3) is 22.6 Å². The fourth-order valence-corrected chi connectivity index (χ4v) is 3.26. The van der Waals surface area contributed by atoms with E-state index in [1.165, 1.54) is 18.2 Å². The van der Waals surface area contributed by atoms with E-state index in [0.717, 1.165) is 11.1 Å². The van der Waals surface area contributed by atoms with Gasteiger partial charge in [0.25, 0.3) is 5.56 Å². The Hall–Kier alpha value is -2.92. The van der Waals surface area contributed by atoms with Gasteiger partial charge in [0.05, 0.1) is 16.5 Å². The second kappa shape index (κ2) is 5.86. The summed E-state index contributed by atoms with van der Waals surface area (Å²) in [5.74, 6) is -0.476. The van der Waals surface area contributed by atoms with Crippen molar-refractivity contribution in [3.05, 3.63) is 74.8 Å². The average Bonchev–Trinajstić information content (AvgIpc) is 3.00. The van der Waals surface area contributed by atoms with Crippen LogP contribution in [-0.2, 0) is 6.54 Å². The molecule has 1 aromatic heterocycles. The molecule has 2 aromatic carbocycles. The third-order valence-electron chi connectivity index (χ3n) is 4.33. The smallest absolute Gasteiger partial charge is 0.335 e. The van der Waals surface area contributed by atoms with Crippen molar-refractivity contribution in [2.75, 3.05) is 0 Å². The maximum absolute atomic E-state index is 12.7.